The highest BCUT2D eigenvalue weighted by atomic mass is 19.3. The fourth-order valence-electron chi connectivity index (χ4n) is 1.57. The van der Waals surface area contributed by atoms with Crippen LogP contribution in [0.3, 0.4) is 0 Å². The molecule has 0 fully saturated rings. The Kier molecular flexibility index (Phi) is 3.71. The molecule has 17 heavy (non-hydrogen) atoms. The van der Waals surface area contributed by atoms with Crippen LogP contribution in [0, 0.1) is 0 Å². The minimum absolute atomic E-state index is 0.0927. The van der Waals surface area contributed by atoms with Crippen molar-refractivity contribution in [2.24, 2.45) is 0 Å². The summed E-state index contributed by atoms with van der Waals surface area (Å²) in [6.45, 7) is 11.6. The Balaban J connectivity index is 3.41. The fraction of sp³-hybridized carbons (Fsp3) is 0.286. The summed E-state index contributed by atoms with van der Waals surface area (Å²) >= 11 is 0. The zero-order chi connectivity index (χ0) is 13.2. The van der Waals surface area contributed by atoms with Gasteiger partial charge in [-0.15, -0.1) is 0 Å². The van der Waals surface area contributed by atoms with Crippen LogP contribution in [0.25, 0.3) is 0 Å². The molecule has 0 aromatic carbocycles. The van der Waals surface area contributed by atoms with Gasteiger partial charge in [0, 0.05) is 18.1 Å². The molecule has 1 aliphatic heterocycles. The molecule has 0 spiro atoms. The van der Waals surface area contributed by atoms with Crippen LogP contribution < -0.4 is 0 Å². The van der Waals surface area contributed by atoms with E-state index in [2.05, 4.69) is 13.2 Å². The lowest BCUT2D eigenvalue weighted by Gasteiger charge is -2.25. The van der Waals surface area contributed by atoms with Gasteiger partial charge in [-0.1, -0.05) is 18.7 Å². The Hall–Kier alpha value is -1.64. The topological polar surface area (TPSA) is 9.23 Å². The lowest BCUT2D eigenvalue weighted by Crippen LogP contribution is -2.20. The Bertz CT molecular complexity index is 445. The van der Waals surface area contributed by atoms with Crippen LogP contribution in [-0.2, 0) is 4.74 Å². The first kappa shape index (κ1) is 13.4. The molecule has 0 aromatic heterocycles. The minimum atomic E-state index is -2.94. The summed E-state index contributed by atoms with van der Waals surface area (Å²) in [5, 5.41) is 0. The predicted molar refractivity (Wildman–Crippen MR) is 65.6 cm³/mol. The third-order valence-corrected chi connectivity index (χ3v) is 2.23. The van der Waals surface area contributed by atoms with E-state index in [1.54, 1.807) is 26.0 Å². The first-order chi connectivity index (χ1) is 7.75. The maximum Gasteiger partial charge on any atom is 0.271 e. The van der Waals surface area contributed by atoms with Crippen LogP contribution >= 0.6 is 0 Å². The van der Waals surface area contributed by atoms with Crippen molar-refractivity contribution in [2.75, 3.05) is 0 Å². The van der Waals surface area contributed by atoms with E-state index >= 15 is 0 Å². The van der Waals surface area contributed by atoms with Crippen molar-refractivity contribution in [3.05, 3.63) is 59.6 Å². The summed E-state index contributed by atoms with van der Waals surface area (Å²) in [4.78, 5) is 0. The third-order valence-electron chi connectivity index (χ3n) is 2.23. The standard InChI is InChI=1S/C14H16F2O/c1-6-13-11(7-9(2)3)12(14(5,15)16)8-10(4)17-13/h6-8H,2,4H2,1,3,5H3/b11-7-,13-6?. The maximum absolute atomic E-state index is 13.5. The molecule has 1 aliphatic rings. The molecule has 1 rings (SSSR count). The van der Waals surface area contributed by atoms with Gasteiger partial charge < -0.3 is 4.74 Å². The average molecular weight is 238 g/mol. The molecule has 0 saturated heterocycles. The Morgan fingerprint density at radius 2 is 2.06 bits per heavy atom. The second kappa shape index (κ2) is 4.70. The Morgan fingerprint density at radius 1 is 1.47 bits per heavy atom. The molecule has 0 saturated carbocycles. The van der Waals surface area contributed by atoms with E-state index in [0.717, 1.165) is 6.92 Å². The van der Waals surface area contributed by atoms with E-state index in [4.69, 9.17) is 4.74 Å². The number of halogens is 2. The minimum Gasteiger partial charge on any atom is -0.458 e. The van der Waals surface area contributed by atoms with Crippen molar-refractivity contribution in [3.63, 3.8) is 0 Å². The highest BCUT2D eigenvalue weighted by Gasteiger charge is 2.34. The van der Waals surface area contributed by atoms with Crippen LogP contribution in [0.1, 0.15) is 20.8 Å². The van der Waals surface area contributed by atoms with Crippen molar-refractivity contribution in [3.8, 4) is 0 Å². The molecule has 0 amide bonds. The smallest absolute Gasteiger partial charge is 0.271 e. The largest absolute Gasteiger partial charge is 0.458 e. The van der Waals surface area contributed by atoms with Crippen LogP contribution in [0.4, 0.5) is 8.78 Å². The predicted octanol–water partition coefficient (Wildman–Crippen LogP) is 4.52. The lowest BCUT2D eigenvalue weighted by atomic mass is 9.94. The first-order valence-corrected chi connectivity index (χ1v) is 5.26. The normalized spacial score (nSPS) is 21.5. The van der Waals surface area contributed by atoms with Crippen LogP contribution in [0.15, 0.2) is 59.6 Å². The quantitative estimate of drug-likeness (QED) is 0.687. The molecule has 0 radical (unpaired) electrons. The molecule has 1 nitrogen and oxygen atoms in total. The zero-order valence-corrected chi connectivity index (χ0v) is 10.3. The van der Waals surface area contributed by atoms with Gasteiger partial charge in [-0.2, -0.15) is 0 Å². The second-order valence-electron chi connectivity index (χ2n) is 4.07. The van der Waals surface area contributed by atoms with E-state index < -0.39 is 5.92 Å². The molecule has 0 bridgehead atoms. The molecule has 0 unspecified atom stereocenters. The van der Waals surface area contributed by atoms with Gasteiger partial charge >= 0.3 is 0 Å². The molecule has 0 atom stereocenters. The van der Waals surface area contributed by atoms with Gasteiger partial charge in [0.25, 0.3) is 5.92 Å². The highest BCUT2D eigenvalue weighted by Crippen LogP contribution is 2.38. The van der Waals surface area contributed by atoms with E-state index in [1.807, 2.05) is 0 Å². The molecule has 0 N–H and O–H groups in total. The molecule has 0 aromatic rings. The number of hydrogen-bond donors (Lipinski definition) is 0. The van der Waals surface area contributed by atoms with Crippen LogP contribution in [0.5, 0.6) is 0 Å². The Labute approximate surface area is 100 Å². The summed E-state index contributed by atoms with van der Waals surface area (Å²) in [7, 11) is 0. The van der Waals surface area contributed by atoms with E-state index in [0.29, 0.717) is 16.9 Å². The van der Waals surface area contributed by atoms with Crippen molar-refractivity contribution in [1.29, 1.82) is 0 Å². The van der Waals surface area contributed by atoms with Crippen molar-refractivity contribution < 1.29 is 13.5 Å². The number of allylic oxidation sites excluding steroid dienone is 5. The van der Waals surface area contributed by atoms with Gasteiger partial charge in [0.1, 0.15) is 11.5 Å². The monoisotopic (exact) mass is 238 g/mol. The molecular formula is C14H16F2O. The third kappa shape index (κ3) is 3.16. The van der Waals surface area contributed by atoms with Crippen molar-refractivity contribution >= 4 is 0 Å². The van der Waals surface area contributed by atoms with Crippen molar-refractivity contribution in [2.45, 2.75) is 26.7 Å². The van der Waals surface area contributed by atoms with E-state index in [1.165, 1.54) is 6.08 Å². The number of rotatable bonds is 2. The van der Waals surface area contributed by atoms with Crippen LogP contribution in [0.2, 0.25) is 0 Å². The van der Waals surface area contributed by atoms with Gasteiger partial charge in [0.2, 0.25) is 0 Å². The van der Waals surface area contributed by atoms with Gasteiger partial charge in [0.05, 0.1) is 0 Å². The van der Waals surface area contributed by atoms with E-state index in [-0.39, 0.29) is 11.3 Å². The fourth-order valence-corrected chi connectivity index (χ4v) is 1.57. The summed E-state index contributed by atoms with van der Waals surface area (Å²) in [6, 6.07) is 0. The molecule has 1 heterocycles. The molecule has 0 aliphatic carbocycles. The summed E-state index contributed by atoms with van der Waals surface area (Å²) in [5.41, 5.74) is 0.954. The molecule has 3 heteroatoms. The molecule has 92 valence electrons. The number of alkyl halides is 2. The van der Waals surface area contributed by atoms with Gasteiger partial charge in [-0.25, -0.2) is 8.78 Å². The van der Waals surface area contributed by atoms with Gasteiger partial charge in [0.15, 0.2) is 0 Å². The SMILES string of the molecule is C=C(C)/C=C1\C(=CC)OC(=C)C=C1C(C)(F)F. The van der Waals surface area contributed by atoms with Crippen LogP contribution in [-0.4, -0.2) is 5.92 Å². The number of ether oxygens (including phenoxy) is 1. The number of hydrogen-bond acceptors (Lipinski definition) is 1. The maximum atomic E-state index is 13.5. The molecular weight excluding hydrogens is 222 g/mol. The van der Waals surface area contributed by atoms with Gasteiger partial charge in [-0.05, 0) is 32.1 Å². The van der Waals surface area contributed by atoms with E-state index in [9.17, 15) is 8.78 Å². The summed E-state index contributed by atoms with van der Waals surface area (Å²) in [5.74, 6) is -2.34. The zero-order valence-electron chi connectivity index (χ0n) is 10.3. The van der Waals surface area contributed by atoms with Gasteiger partial charge in [-0.3, -0.25) is 0 Å². The highest BCUT2D eigenvalue weighted by molar-refractivity contribution is 5.54. The first-order valence-electron chi connectivity index (χ1n) is 5.26. The average Bonchev–Trinajstić information content (AvgIpc) is 2.17. The summed E-state index contributed by atoms with van der Waals surface area (Å²) < 4.78 is 32.4. The second-order valence-corrected chi connectivity index (χ2v) is 4.07. The Morgan fingerprint density at radius 3 is 2.47 bits per heavy atom. The lowest BCUT2D eigenvalue weighted by molar-refractivity contribution is 0.0633. The van der Waals surface area contributed by atoms with Crippen molar-refractivity contribution in [1.82, 2.24) is 0 Å². The summed E-state index contributed by atoms with van der Waals surface area (Å²) in [6.07, 6.45) is 4.49.